The van der Waals surface area contributed by atoms with Crippen molar-refractivity contribution in [2.75, 3.05) is 20.2 Å². The highest BCUT2D eigenvalue weighted by Crippen LogP contribution is 2.17. The minimum absolute atomic E-state index is 0.365. The summed E-state index contributed by atoms with van der Waals surface area (Å²) in [5.41, 5.74) is 0.914. The SMILES string of the molecule is CN(CCOc1ccccc1)Cn1nc(-c2ccccc2)oc1=S. The third-order valence-corrected chi connectivity index (χ3v) is 3.78. The summed E-state index contributed by atoms with van der Waals surface area (Å²) in [5, 5.41) is 4.45. The minimum atomic E-state index is 0.365. The van der Waals surface area contributed by atoms with Gasteiger partial charge in [0.15, 0.2) is 0 Å². The molecular weight excluding hydrogens is 322 g/mol. The maximum absolute atomic E-state index is 5.70. The molecular formula is C18H19N3O2S. The molecule has 1 heterocycles. The van der Waals surface area contributed by atoms with Crippen molar-refractivity contribution in [3.63, 3.8) is 0 Å². The van der Waals surface area contributed by atoms with Crippen molar-refractivity contribution in [2.45, 2.75) is 6.67 Å². The summed E-state index contributed by atoms with van der Waals surface area (Å²) in [6, 6.07) is 19.5. The number of rotatable bonds is 7. The van der Waals surface area contributed by atoms with E-state index in [-0.39, 0.29) is 0 Å². The maximum atomic E-state index is 5.70. The second-order valence-electron chi connectivity index (χ2n) is 5.42. The minimum Gasteiger partial charge on any atom is -0.492 e. The average Bonchev–Trinajstić information content (AvgIpc) is 2.97. The molecule has 0 fully saturated rings. The normalized spacial score (nSPS) is 10.9. The van der Waals surface area contributed by atoms with E-state index in [2.05, 4.69) is 10.00 Å². The molecule has 3 aromatic rings. The molecule has 0 saturated heterocycles. The van der Waals surface area contributed by atoms with Crippen LogP contribution in [-0.4, -0.2) is 34.9 Å². The van der Waals surface area contributed by atoms with Gasteiger partial charge in [-0.3, -0.25) is 4.90 Å². The highest BCUT2D eigenvalue weighted by atomic mass is 32.1. The molecule has 0 N–H and O–H groups in total. The zero-order chi connectivity index (χ0) is 16.8. The number of para-hydroxylation sites is 1. The lowest BCUT2D eigenvalue weighted by Crippen LogP contribution is -2.27. The zero-order valence-corrected chi connectivity index (χ0v) is 14.3. The van der Waals surface area contributed by atoms with Gasteiger partial charge in [0.1, 0.15) is 12.4 Å². The zero-order valence-electron chi connectivity index (χ0n) is 13.5. The monoisotopic (exact) mass is 341 g/mol. The van der Waals surface area contributed by atoms with E-state index in [4.69, 9.17) is 21.4 Å². The largest absolute Gasteiger partial charge is 0.492 e. The molecule has 3 rings (SSSR count). The molecule has 0 unspecified atom stereocenters. The molecule has 1 aromatic heterocycles. The van der Waals surface area contributed by atoms with Gasteiger partial charge >= 0.3 is 0 Å². The molecule has 0 aliphatic rings. The predicted molar refractivity (Wildman–Crippen MR) is 95.3 cm³/mol. The lowest BCUT2D eigenvalue weighted by Gasteiger charge is -2.16. The first kappa shape index (κ1) is 16.4. The summed E-state index contributed by atoms with van der Waals surface area (Å²) in [6.45, 7) is 1.90. The summed E-state index contributed by atoms with van der Waals surface area (Å²) in [7, 11) is 1.99. The number of aromatic nitrogens is 2. The van der Waals surface area contributed by atoms with Crippen LogP contribution in [0.25, 0.3) is 11.5 Å². The first-order valence-electron chi connectivity index (χ1n) is 7.72. The van der Waals surface area contributed by atoms with Crippen LogP contribution < -0.4 is 4.74 Å². The fraction of sp³-hybridized carbons (Fsp3) is 0.222. The Labute approximate surface area is 146 Å². The third kappa shape index (κ3) is 4.31. The quantitative estimate of drug-likeness (QED) is 0.611. The Kier molecular flexibility index (Phi) is 5.40. The molecule has 0 spiro atoms. The highest BCUT2D eigenvalue weighted by molar-refractivity contribution is 7.71. The van der Waals surface area contributed by atoms with E-state index < -0.39 is 0 Å². The van der Waals surface area contributed by atoms with Crippen molar-refractivity contribution in [2.24, 2.45) is 0 Å². The molecule has 24 heavy (non-hydrogen) atoms. The Bertz CT molecular complexity index is 815. The number of likely N-dealkylation sites (N-methyl/N-ethyl adjacent to an activating group) is 1. The number of ether oxygens (including phenoxy) is 1. The van der Waals surface area contributed by atoms with Crippen LogP contribution in [0.3, 0.4) is 0 Å². The van der Waals surface area contributed by atoms with Gasteiger partial charge < -0.3 is 9.15 Å². The number of hydrogen-bond donors (Lipinski definition) is 0. The molecule has 2 aromatic carbocycles. The van der Waals surface area contributed by atoms with Crippen LogP contribution in [0.2, 0.25) is 0 Å². The van der Waals surface area contributed by atoms with Crippen LogP contribution in [0.15, 0.2) is 65.1 Å². The summed E-state index contributed by atoms with van der Waals surface area (Å²) < 4.78 is 13.0. The summed E-state index contributed by atoms with van der Waals surface area (Å²) in [5.74, 6) is 1.41. The number of nitrogens with zero attached hydrogens (tertiary/aromatic N) is 3. The molecule has 6 heteroatoms. The summed E-state index contributed by atoms with van der Waals surface area (Å²) >= 11 is 5.26. The topological polar surface area (TPSA) is 43.4 Å². The number of hydrogen-bond acceptors (Lipinski definition) is 5. The van der Waals surface area contributed by atoms with Gasteiger partial charge in [0.25, 0.3) is 4.84 Å². The Balaban J connectivity index is 1.56. The number of benzene rings is 2. The van der Waals surface area contributed by atoms with Crippen LogP contribution in [0.1, 0.15) is 0 Å². The second kappa shape index (κ2) is 7.90. The van der Waals surface area contributed by atoms with Crippen molar-refractivity contribution in [3.8, 4) is 17.2 Å². The van der Waals surface area contributed by atoms with Crippen molar-refractivity contribution < 1.29 is 9.15 Å². The van der Waals surface area contributed by atoms with E-state index >= 15 is 0 Å². The standard InChI is InChI=1S/C18H19N3O2S/c1-20(12-13-22-16-10-6-3-7-11-16)14-21-18(24)23-17(19-21)15-8-4-2-5-9-15/h2-11H,12-14H2,1H3. The van der Waals surface area contributed by atoms with Crippen molar-refractivity contribution in [1.82, 2.24) is 14.7 Å². The predicted octanol–water partition coefficient (Wildman–Crippen LogP) is 3.84. The summed E-state index contributed by atoms with van der Waals surface area (Å²) in [6.07, 6.45) is 0. The van der Waals surface area contributed by atoms with E-state index in [1.165, 1.54) is 0 Å². The van der Waals surface area contributed by atoms with Crippen LogP contribution in [0.4, 0.5) is 0 Å². The molecule has 0 saturated carbocycles. The van der Waals surface area contributed by atoms with E-state index in [0.29, 0.717) is 24.0 Å². The second-order valence-corrected chi connectivity index (χ2v) is 5.77. The Hall–Kier alpha value is -2.44. The molecule has 5 nitrogen and oxygen atoms in total. The van der Waals surface area contributed by atoms with Crippen molar-refractivity contribution in [1.29, 1.82) is 0 Å². The van der Waals surface area contributed by atoms with E-state index in [9.17, 15) is 0 Å². The van der Waals surface area contributed by atoms with Crippen molar-refractivity contribution in [3.05, 3.63) is 65.5 Å². The van der Waals surface area contributed by atoms with Gasteiger partial charge in [-0.25, -0.2) is 4.68 Å². The molecule has 0 bridgehead atoms. The lowest BCUT2D eigenvalue weighted by atomic mass is 10.2. The van der Waals surface area contributed by atoms with Gasteiger partial charge in [-0.15, -0.1) is 5.10 Å². The first-order chi connectivity index (χ1) is 11.7. The fourth-order valence-corrected chi connectivity index (χ4v) is 2.41. The Morgan fingerprint density at radius 2 is 1.75 bits per heavy atom. The average molecular weight is 341 g/mol. The summed E-state index contributed by atoms with van der Waals surface area (Å²) in [4.78, 5) is 2.44. The van der Waals surface area contributed by atoms with Gasteiger partial charge in [0.05, 0.1) is 6.67 Å². The van der Waals surface area contributed by atoms with E-state index in [1.54, 1.807) is 4.68 Å². The van der Waals surface area contributed by atoms with Crippen LogP contribution in [0.5, 0.6) is 5.75 Å². The van der Waals surface area contributed by atoms with Gasteiger partial charge in [-0.1, -0.05) is 36.4 Å². The van der Waals surface area contributed by atoms with E-state index in [0.717, 1.165) is 17.9 Å². The maximum Gasteiger partial charge on any atom is 0.288 e. The van der Waals surface area contributed by atoms with Gasteiger partial charge in [-0.2, -0.15) is 0 Å². The van der Waals surface area contributed by atoms with Crippen LogP contribution in [0, 0.1) is 4.84 Å². The van der Waals surface area contributed by atoms with E-state index in [1.807, 2.05) is 67.7 Å². The van der Waals surface area contributed by atoms with Gasteiger partial charge in [0.2, 0.25) is 5.89 Å². The van der Waals surface area contributed by atoms with Crippen LogP contribution in [-0.2, 0) is 6.67 Å². The molecule has 0 aliphatic heterocycles. The van der Waals surface area contributed by atoms with Crippen molar-refractivity contribution >= 4 is 12.2 Å². The van der Waals surface area contributed by atoms with Gasteiger partial charge in [-0.05, 0) is 43.5 Å². The Morgan fingerprint density at radius 1 is 1.08 bits per heavy atom. The Morgan fingerprint density at radius 3 is 2.46 bits per heavy atom. The molecule has 0 radical (unpaired) electrons. The first-order valence-corrected chi connectivity index (χ1v) is 8.13. The molecule has 0 atom stereocenters. The molecule has 0 aliphatic carbocycles. The molecule has 124 valence electrons. The molecule has 0 amide bonds. The third-order valence-electron chi connectivity index (χ3n) is 3.49. The lowest BCUT2D eigenvalue weighted by molar-refractivity contribution is 0.196. The smallest absolute Gasteiger partial charge is 0.288 e. The van der Waals surface area contributed by atoms with Gasteiger partial charge in [0, 0.05) is 12.1 Å². The van der Waals surface area contributed by atoms with Crippen LogP contribution >= 0.6 is 12.2 Å². The fourth-order valence-electron chi connectivity index (χ4n) is 2.23. The highest BCUT2D eigenvalue weighted by Gasteiger charge is 2.09.